The lowest BCUT2D eigenvalue weighted by Gasteiger charge is -2.30. The summed E-state index contributed by atoms with van der Waals surface area (Å²) in [5.41, 5.74) is 10.5. The van der Waals surface area contributed by atoms with Crippen LogP contribution in [0.25, 0.3) is 65.7 Å². The van der Waals surface area contributed by atoms with Crippen LogP contribution in [0.5, 0.6) is 0 Å². The number of rotatable bonds is 6. The molecule has 0 aliphatic heterocycles. The van der Waals surface area contributed by atoms with E-state index in [1.165, 1.54) is 65.7 Å². The maximum Gasteiger partial charge on any atom is 0.0546 e. The highest BCUT2D eigenvalue weighted by atomic mass is 15.1. The molecule has 0 aliphatic rings. The molecule has 0 radical (unpaired) electrons. The molecule has 1 nitrogen and oxygen atoms in total. The Hall–Kier alpha value is -6.44. The molecule has 9 aromatic carbocycles. The van der Waals surface area contributed by atoms with E-state index < -0.39 is 0 Å². The highest BCUT2D eigenvalue weighted by Crippen LogP contribution is 2.46. The van der Waals surface area contributed by atoms with Crippen LogP contribution in [-0.2, 0) is 0 Å². The minimum atomic E-state index is 1.11. The maximum absolute atomic E-state index is 2.45. The van der Waals surface area contributed by atoms with Crippen molar-refractivity contribution < 1.29 is 0 Å². The molecule has 9 aromatic rings. The first-order valence-electron chi connectivity index (χ1n) is 16.9. The molecule has 49 heavy (non-hydrogen) atoms. The van der Waals surface area contributed by atoms with Crippen molar-refractivity contribution in [3.8, 4) is 33.4 Å². The minimum Gasteiger partial charge on any atom is -0.309 e. The van der Waals surface area contributed by atoms with E-state index in [-0.39, 0.29) is 0 Å². The van der Waals surface area contributed by atoms with Crippen molar-refractivity contribution in [2.45, 2.75) is 0 Å². The van der Waals surface area contributed by atoms with Crippen LogP contribution in [0.3, 0.4) is 0 Å². The summed E-state index contributed by atoms with van der Waals surface area (Å²) in [7, 11) is 0. The van der Waals surface area contributed by atoms with E-state index in [4.69, 9.17) is 0 Å². The molecule has 0 bridgehead atoms. The van der Waals surface area contributed by atoms with E-state index in [0.29, 0.717) is 0 Å². The summed E-state index contributed by atoms with van der Waals surface area (Å²) in [5.74, 6) is 0. The zero-order valence-electron chi connectivity index (χ0n) is 27.0. The van der Waals surface area contributed by atoms with Gasteiger partial charge in [0.15, 0.2) is 0 Å². The van der Waals surface area contributed by atoms with Crippen LogP contribution in [0.4, 0.5) is 17.1 Å². The summed E-state index contributed by atoms with van der Waals surface area (Å²) in [4.78, 5) is 2.45. The van der Waals surface area contributed by atoms with Gasteiger partial charge in [0, 0.05) is 16.6 Å². The lowest BCUT2D eigenvalue weighted by molar-refractivity contribution is 1.30. The fourth-order valence-electron chi connectivity index (χ4n) is 7.28. The van der Waals surface area contributed by atoms with E-state index in [9.17, 15) is 0 Å². The molecule has 0 fully saturated rings. The van der Waals surface area contributed by atoms with Gasteiger partial charge in [0.25, 0.3) is 0 Å². The summed E-state index contributed by atoms with van der Waals surface area (Å²) in [6.45, 7) is 0. The molecule has 0 aliphatic carbocycles. The van der Waals surface area contributed by atoms with Crippen molar-refractivity contribution in [3.63, 3.8) is 0 Å². The van der Waals surface area contributed by atoms with E-state index in [1.54, 1.807) is 0 Å². The molecule has 0 unspecified atom stereocenters. The zero-order chi connectivity index (χ0) is 32.6. The molecule has 0 heterocycles. The number of benzene rings is 9. The van der Waals surface area contributed by atoms with Crippen molar-refractivity contribution in [2.24, 2.45) is 0 Å². The van der Waals surface area contributed by atoms with Crippen LogP contribution < -0.4 is 4.90 Å². The molecule has 0 saturated heterocycles. The molecule has 0 aromatic heterocycles. The van der Waals surface area contributed by atoms with Gasteiger partial charge in [0.05, 0.1) is 11.4 Å². The third-order valence-electron chi connectivity index (χ3n) is 9.64. The van der Waals surface area contributed by atoms with Gasteiger partial charge >= 0.3 is 0 Å². The Bertz CT molecular complexity index is 2580. The topological polar surface area (TPSA) is 3.24 Å². The Morgan fingerprint density at radius 2 is 0.816 bits per heavy atom. The van der Waals surface area contributed by atoms with E-state index >= 15 is 0 Å². The maximum atomic E-state index is 2.45. The van der Waals surface area contributed by atoms with Crippen LogP contribution in [0, 0.1) is 0 Å². The monoisotopic (exact) mass is 623 g/mol. The van der Waals surface area contributed by atoms with Gasteiger partial charge in [-0.25, -0.2) is 0 Å². The average Bonchev–Trinajstić information content (AvgIpc) is 3.19. The van der Waals surface area contributed by atoms with E-state index in [2.05, 4.69) is 205 Å². The second-order valence-corrected chi connectivity index (χ2v) is 12.5. The van der Waals surface area contributed by atoms with Crippen LogP contribution in [0.15, 0.2) is 200 Å². The number of hydrogen-bond donors (Lipinski definition) is 0. The lowest BCUT2D eigenvalue weighted by atomic mass is 9.91. The van der Waals surface area contributed by atoms with Crippen LogP contribution in [0.2, 0.25) is 0 Å². The van der Waals surface area contributed by atoms with Gasteiger partial charge in [-0.3, -0.25) is 0 Å². The van der Waals surface area contributed by atoms with Gasteiger partial charge in [-0.2, -0.15) is 0 Å². The fraction of sp³-hybridized carbons (Fsp3) is 0. The van der Waals surface area contributed by atoms with Crippen LogP contribution >= 0.6 is 0 Å². The van der Waals surface area contributed by atoms with Crippen molar-refractivity contribution in [2.75, 3.05) is 4.90 Å². The Balaban J connectivity index is 1.33. The Kier molecular flexibility index (Phi) is 7.22. The standard InChI is InChI=1S/C48H33N/c1-3-14-34(15-4-1)35-26-29-40(30-27-35)49(47-25-13-20-37-18-7-10-22-42(37)47)48-33-39(28-31-43(48)36-16-5-2-6-17-36)46-32-38-19-8-9-21-41(38)44-23-11-12-24-45(44)46/h1-33H. The molecular formula is C48H33N. The van der Waals surface area contributed by atoms with Gasteiger partial charge in [-0.15, -0.1) is 0 Å². The normalized spacial score (nSPS) is 11.3. The highest BCUT2D eigenvalue weighted by Gasteiger charge is 2.21. The highest BCUT2D eigenvalue weighted by molar-refractivity contribution is 6.14. The Morgan fingerprint density at radius 1 is 0.265 bits per heavy atom. The van der Waals surface area contributed by atoms with E-state index in [0.717, 1.165) is 17.1 Å². The molecule has 0 saturated carbocycles. The quantitative estimate of drug-likeness (QED) is 0.167. The first-order valence-corrected chi connectivity index (χ1v) is 16.9. The van der Waals surface area contributed by atoms with Crippen LogP contribution in [-0.4, -0.2) is 0 Å². The van der Waals surface area contributed by atoms with Gasteiger partial charge in [0.1, 0.15) is 0 Å². The molecule has 0 atom stereocenters. The minimum absolute atomic E-state index is 1.11. The van der Waals surface area contributed by atoms with Crippen molar-refractivity contribution in [1.82, 2.24) is 0 Å². The Morgan fingerprint density at radius 3 is 1.57 bits per heavy atom. The number of anilines is 3. The summed E-state index contributed by atoms with van der Waals surface area (Å²) in [6.07, 6.45) is 0. The molecule has 230 valence electrons. The van der Waals surface area contributed by atoms with Gasteiger partial charge in [0.2, 0.25) is 0 Å². The first-order chi connectivity index (χ1) is 24.3. The predicted molar refractivity (Wildman–Crippen MR) is 210 cm³/mol. The van der Waals surface area contributed by atoms with Gasteiger partial charge in [-0.1, -0.05) is 170 Å². The molecular weight excluding hydrogens is 591 g/mol. The average molecular weight is 624 g/mol. The van der Waals surface area contributed by atoms with Crippen molar-refractivity contribution in [1.29, 1.82) is 0 Å². The van der Waals surface area contributed by atoms with Gasteiger partial charge in [-0.05, 0) is 85.1 Å². The molecule has 0 N–H and O–H groups in total. The third kappa shape index (κ3) is 5.23. The molecule has 0 spiro atoms. The summed E-state index contributed by atoms with van der Waals surface area (Å²) >= 11 is 0. The molecule has 9 rings (SSSR count). The van der Waals surface area contributed by atoms with Crippen LogP contribution in [0.1, 0.15) is 0 Å². The third-order valence-corrected chi connectivity index (χ3v) is 9.64. The fourth-order valence-corrected chi connectivity index (χ4v) is 7.28. The Labute approximate surface area is 287 Å². The van der Waals surface area contributed by atoms with E-state index in [1.807, 2.05) is 0 Å². The number of nitrogens with zero attached hydrogens (tertiary/aromatic N) is 1. The van der Waals surface area contributed by atoms with Gasteiger partial charge < -0.3 is 4.90 Å². The number of hydrogen-bond acceptors (Lipinski definition) is 1. The summed E-state index contributed by atoms with van der Waals surface area (Å²) in [5, 5.41) is 7.46. The zero-order valence-corrected chi connectivity index (χ0v) is 27.0. The largest absolute Gasteiger partial charge is 0.309 e. The summed E-state index contributed by atoms with van der Waals surface area (Å²) in [6, 6.07) is 72.5. The predicted octanol–water partition coefficient (Wildman–Crippen LogP) is 13.6. The number of fused-ring (bicyclic) bond motifs is 4. The smallest absolute Gasteiger partial charge is 0.0546 e. The second kappa shape index (κ2) is 12.3. The first kappa shape index (κ1) is 28.8. The second-order valence-electron chi connectivity index (χ2n) is 12.5. The molecule has 1 heteroatoms. The summed E-state index contributed by atoms with van der Waals surface area (Å²) < 4.78 is 0. The SMILES string of the molecule is c1ccc(-c2ccc(N(c3cc(-c4cc5ccccc5c5ccccc45)ccc3-c3ccccc3)c3cccc4ccccc34)cc2)cc1. The lowest BCUT2D eigenvalue weighted by Crippen LogP contribution is -2.12. The molecule has 0 amide bonds. The van der Waals surface area contributed by atoms with Crippen molar-refractivity contribution in [3.05, 3.63) is 200 Å². The van der Waals surface area contributed by atoms with Crippen molar-refractivity contribution >= 4 is 49.4 Å².